The van der Waals surface area contributed by atoms with Crippen molar-refractivity contribution in [2.24, 2.45) is 5.92 Å². The highest BCUT2D eigenvalue weighted by Gasteiger charge is 2.30. The molecule has 2 aromatic heterocycles. The summed E-state index contributed by atoms with van der Waals surface area (Å²) in [5, 5.41) is 10.9. The zero-order valence-corrected chi connectivity index (χ0v) is 13.0. The molecule has 2 N–H and O–H groups in total. The van der Waals surface area contributed by atoms with Crippen LogP contribution in [0.3, 0.4) is 0 Å². The van der Waals surface area contributed by atoms with E-state index < -0.39 is 0 Å². The number of rotatable bonds is 5. The lowest BCUT2D eigenvalue weighted by atomic mass is 10.2. The average Bonchev–Trinajstić information content (AvgIpc) is 3.30. The van der Waals surface area contributed by atoms with E-state index in [1.807, 2.05) is 36.2 Å². The van der Waals surface area contributed by atoms with Crippen LogP contribution in [0.15, 0.2) is 33.5 Å². The second-order valence-electron chi connectivity index (χ2n) is 6.39. The molecule has 1 aliphatic rings. The average molecular weight is 313 g/mol. The van der Waals surface area contributed by atoms with Gasteiger partial charge in [-0.1, -0.05) is 12.1 Å². The zero-order valence-electron chi connectivity index (χ0n) is 13.0. The van der Waals surface area contributed by atoms with Crippen molar-refractivity contribution in [3.63, 3.8) is 0 Å². The molecule has 120 valence electrons. The van der Waals surface area contributed by atoms with E-state index in [0.29, 0.717) is 35.9 Å². The van der Waals surface area contributed by atoms with Gasteiger partial charge in [0.25, 0.3) is 5.56 Å². The van der Waals surface area contributed by atoms with Gasteiger partial charge in [-0.15, -0.1) is 0 Å². The van der Waals surface area contributed by atoms with Gasteiger partial charge in [0, 0.05) is 11.9 Å². The molecule has 0 aliphatic heterocycles. The number of fused-ring (bicyclic) bond motifs is 3. The van der Waals surface area contributed by atoms with Crippen LogP contribution in [-0.4, -0.2) is 39.7 Å². The summed E-state index contributed by atoms with van der Waals surface area (Å²) >= 11 is 0. The Kier molecular flexibility index (Phi) is 3.43. The molecule has 0 spiro atoms. The molecule has 23 heavy (non-hydrogen) atoms. The lowest BCUT2D eigenvalue weighted by Gasteiger charge is -2.19. The number of furan rings is 1. The molecule has 2 heterocycles. The van der Waals surface area contributed by atoms with E-state index in [1.165, 1.54) is 0 Å². The van der Waals surface area contributed by atoms with Crippen LogP contribution in [-0.2, 0) is 6.54 Å². The number of nitrogens with one attached hydrogen (secondary N) is 1. The fourth-order valence-electron chi connectivity index (χ4n) is 2.99. The van der Waals surface area contributed by atoms with Crippen LogP contribution >= 0.6 is 0 Å². The quantitative estimate of drug-likeness (QED) is 0.751. The molecule has 1 unspecified atom stereocenters. The first-order valence-corrected chi connectivity index (χ1v) is 7.89. The van der Waals surface area contributed by atoms with Crippen molar-refractivity contribution in [1.82, 2.24) is 14.9 Å². The van der Waals surface area contributed by atoms with Gasteiger partial charge in [-0.3, -0.25) is 9.69 Å². The minimum atomic E-state index is -0.301. The summed E-state index contributed by atoms with van der Waals surface area (Å²) in [7, 11) is 1.92. The zero-order chi connectivity index (χ0) is 16.0. The van der Waals surface area contributed by atoms with Crippen molar-refractivity contribution >= 4 is 22.1 Å². The van der Waals surface area contributed by atoms with E-state index in [0.717, 1.165) is 18.2 Å². The molecule has 0 saturated heterocycles. The maximum atomic E-state index is 12.2. The Morgan fingerprint density at radius 2 is 2.22 bits per heavy atom. The van der Waals surface area contributed by atoms with Crippen LogP contribution in [0.5, 0.6) is 0 Å². The predicted molar refractivity (Wildman–Crippen MR) is 87.2 cm³/mol. The van der Waals surface area contributed by atoms with Gasteiger partial charge in [0.1, 0.15) is 16.9 Å². The summed E-state index contributed by atoms with van der Waals surface area (Å²) in [4.78, 5) is 21.6. The van der Waals surface area contributed by atoms with E-state index in [-0.39, 0.29) is 17.2 Å². The summed E-state index contributed by atoms with van der Waals surface area (Å²) < 4.78 is 5.59. The molecule has 0 amide bonds. The number of benzene rings is 1. The molecule has 6 heteroatoms. The fraction of sp³-hybridized carbons (Fsp3) is 0.412. The van der Waals surface area contributed by atoms with Crippen LogP contribution in [0, 0.1) is 5.92 Å². The maximum absolute atomic E-state index is 12.2. The standard InChI is InChI=1S/C17H19N3O3/c1-20(8-12(21)10-6-7-10)9-14-18-15-11-4-2-3-5-13(11)23-16(15)17(22)19-14/h2-5,10,12,21H,6-9H2,1H3,(H,18,19,22). The number of aliphatic hydroxyl groups excluding tert-OH is 1. The molecule has 1 atom stereocenters. The van der Waals surface area contributed by atoms with E-state index in [9.17, 15) is 9.90 Å². The fourth-order valence-corrected chi connectivity index (χ4v) is 2.99. The second-order valence-corrected chi connectivity index (χ2v) is 6.39. The second kappa shape index (κ2) is 5.47. The van der Waals surface area contributed by atoms with Gasteiger partial charge in [0.15, 0.2) is 0 Å². The van der Waals surface area contributed by atoms with E-state index in [2.05, 4.69) is 9.97 Å². The third-order valence-electron chi connectivity index (χ3n) is 4.36. The summed E-state index contributed by atoms with van der Waals surface area (Å²) in [6.07, 6.45) is 1.92. The Morgan fingerprint density at radius 1 is 1.43 bits per heavy atom. The highest BCUT2D eigenvalue weighted by molar-refractivity contribution is 6.01. The lowest BCUT2D eigenvalue weighted by Crippen LogP contribution is -2.31. The molecule has 4 rings (SSSR count). The van der Waals surface area contributed by atoms with Crippen molar-refractivity contribution in [3.05, 3.63) is 40.4 Å². The van der Waals surface area contributed by atoms with Gasteiger partial charge in [-0.25, -0.2) is 4.98 Å². The number of H-pyrrole nitrogens is 1. The Morgan fingerprint density at radius 3 is 3.00 bits per heavy atom. The summed E-state index contributed by atoms with van der Waals surface area (Å²) in [6, 6.07) is 7.50. The van der Waals surface area contributed by atoms with Crippen molar-refractivity contribution in [2.45, 2.75) is 25.5 Å². The van der Waals surface area contributed by atoms with Crippen LogP contribution in [0.1, 0.15) is 18.7 Å². The van der Waals surface area contributed by atoms with Crippen LogP contribution in [0.2, 0.25) is 0 Å². The predicted octanol–water partition coefficient (Wildman–Crippen LogP) is 1.87. The first kappa shape index (κ1) is 14.4. The van der Waals surface area contributed by atoms with E-state index in [4.69, 9.17) is 4.42 Å². The summed E-state index contributed by atoms with van der Waals surface area (Å²) in [5.41, 5.74) is 1.25. The number of aromatic amines is 1. The number of likely N-dealkylation sites (N-methyl/N-ethyl adjacent to an activating group) is 1. The van der Waals surface area contributed by atoms with Gasteiger partial charge in [-0.2, -0.15) is 0 Å². The van der Waals surface area contributed by atoms with Crippen molar-refractivity contribution in [2.75, 3.05) is 13.6 Å². The normalized spacial score (nSPS) is 16.5. The summed E-state index contributed by atoms with van der Waals surface area (Å²) in [6.45, 7) is 1.06. The third kappa shape index (κ3) is 2.75. The van der Waals surface area contributed by atoms with Crippen LogP contribution < -0.4 is 5.56 Å². The molecule has 1 aliphatic carbocycles. The molecule has 0 radical (unpaired) electrons. The maximum Gasteiger partial charge on any atom is 0.294 e. The lowest BCUT2D eigenvalue weighted by molar-refractivity contribution is 0.103. The topological polar surface area (TPSA) is 82.4 Å². The SMILES string of the molecule is CN(Cc1nc2c(oc3ccccc32)c(=O)[nH]1)CC(O)C1CC1. The van der Waals surface area contributed by atoms with Crippen molar-refractivity contribution in [1.29, 1.82) is 0 Å². The minimum Gasteiger partial charge on any atom is -0.449 e. The molecular weight excluding hydrogens is 294 g/mol. The number of aromatic nitrogens is 2. The molecule has 1 fully saturated rings. The summed E-state index contributed by atoms with van der Waals surface area (Å²) in [5.74, 6) is 1.02. The molecular formula is C17H19N3O3. The Balaban J connectivity index is 1.64. The van der Waals surface area contributed by atoms with Crippen LogP contribution in [0.4, 0.5) is 0 Å². The van der Waals surface area contributed by atoms with E-state index in [1.54, 1.807) is 0 Å². The Bertz CT molecular complexity index is 910. The van der Waals surface area contributed by atoms with Gasteiger partial charge >= 0.3 is 0 Å². The molecule has 1 saturated carbocycles. The smallest absolute Gasteiger partial charge is 0.294 e. The number of para-hydroxylation sites is 1. The highest BCUT2D eigenvalue weighted by Crippen LogP contribution is 2.32. The van der Waals surface area contributed by atoms with Gasteiger partial charge in [-0.05, 0) is 37.9 Å². The largest absolute Gasteiger partial charge is 0.449 e. The molecule has 0 bridgehead atoms. The van der Waals surface area contributed by atoms with Crippen molar-refractivity contribution in [3.8, 4) is 0 Å². The van der Waals surface area contributed by atoms with Gasteiger partial charge in [0.2, 0.25) is 5.58 Å². The number of hydrogen-bond acceptors (Lipinski definition) is 5. The molecule has 6 nitrogen and oxygen atoms in total. The van der Waals surface area contributed by atoms with Crippen molar-refractivity contribution < 1.29 is 9.52 Å². The number of aliphatic hydroxyl groups is 1. The van der Waals surface area contributed by atoms with E-state index >= 15 is 0 Å². The third-order valence-corrected chi connectivity index (χ3v) is 4.36. The number of hydrogen-bond donors (Lipinski definition) is 2. The number of nitrogens with zero attached hydrogens (tertiary/aromatic N) is 2. The first-order valence-electron chi connectivity index (χ1n) is 7.89. The minimum absolute atomic E-state index is 0.260. The Labute approximate surface area is 132 Å². The molecule has 3 aromatic rings. The molecule has 1 aromatic carbocycles. The first-order chi connectivity index (χ1) is 11.1. The highest BCUT2D eigenvalue weighted by atomic mass is 16.3. The van der Waals surface area contributed by atoms with Gasteiger partial charge in [0.05, 0.1) is 12.6 Å². The van der Waals surface area contributed by atoms with Gasteiger partial charge < -0.3 is 14.5 Å². The monoisotopic (exact) mass is 313 g/mol. The van der Waals surface area contributed by atoms with Crippen LogP contribution in [0.25, 0.3) is 22.1 Å². The Hall–Kier alpha value is -2.18.